The first kappa shape index (κ1) is 14.1. The third-order valence-corrected chi connectivity index (χ3v) is 1.71. The fraction of sp³-hybridized carbons (Fsp3) is 0.727. The summed E-state index contributed by atoms with van der Waals surface area (Å²) in [6.45, 7) is 4.29. The van der Waals surface area contributed by atoms with E-state index in [0.717, 1.165) is 6.42 Å². The van der Waals surface area contributed by atoms with E-state index in [1.807, 2.05) is 19.1 Å². The van der Waals surface area contributed by atoms with E-state index in [2.05, 4.69) is 5.32 Å². The lowest BCUT2D eigenvalue weighted by Gasteiger charge is -2.04. The molecule has 0 rings (SSSR count). The topological polar surface area (TPSA) is 47.6 Å². The summed E-state index contributed by atoms with van der Waals surface area (Å²) in [5.74, 6) is 0.0371. The lowest BCUT2D eigenvalue weighted by molar-refractivity contribution is -0.120. The highest BCUT2D eigenvalue weighted by atomic mass is 16.5. The standard InChI is InChI=1S/C11H21NO3/c1-3-4-5-6-11(13)12-7-8-15-10-9-14-2/h4-5H,3,6-10H2,1-2H3,(H,12,13)/b5-4-. The van der Waals surface area contributed by atoms with Crippen LogP contribution in [0.25, 0.3) is 0 Å². The van der Waals surface area contributed by atoms with Gasteiger partial charge in [-0.05, 0) is 6.42 Å². The molecule has 0 fully saturated rings. The fourth-order valence-corrected chi connectivity index (χ4v) is 0.936. The minimum absolute atomic E-state index is 0.0371. The number of carbonyl (C=O) groups excluding carboxylic acids is 1. The second-order valence-corrected chi connectivity index (χ2v) is 3.04. The average molecular weight is 215 g/mol. The Bertz CT molecular complexity index is 181. The zero-order chi connectivity index (χ0) is 11.4. The summed E-state index contributed by atoms with van der Waals surface area (Å²) >= 11 is 0. The number of amides is 1. The summed E-state index contributed by atoms with van der Waals surface area (Å²) in [5.41, 5.74) is 0. The van der Waals surface area contributed by atoms with Crippen molar-refractivity contribution in [3.8, 4) is 0 Å². The SMILES string of the molecule is CC/C=C\CC(=O)NCCOCCOC. The van der Waals surface area contributed by atoms with Gasteiger partial charge >= 0.3 is 0 Å². The van der Waals surface area contributed by atoms with Gasteiger partial charge in [-0.1, -0.05) is 19.1 Å². The molecule has 0 radical (unpaired) electrons. The zero-order valence-electron chi connectivity index (χ0n) is 9.62. The molecule has 0 bridgehead atoms. The number of allylic oxidation sites excluding steroid dienone is 1. The Balaban J connectivity index is 3.20. The van der Waals surface area contributed by atoms with Gasteiger partial charge in [-0.25, -0.2) is 0 Å². The molecule has 1 N–H and O–H groups in total. The van der Waals surface area contributed by atoms with Crippen LogP contribution in [-0.4, -0.2) is 39.4 Å². The van der Waals surface area contributed by atoms with Crippen molar-refractivity contribution in [2.75, 3.05) is 33.5 Å². The number of methoxy groups -OCH3 is 1. The van der Waals surface area contributed by atoms with E-state index in [0.29, 0.717) is 32.8 Å². The number of hydrogen-bond acceptors (Lipinski definition) is 3. The maximum absolute atomic E-state index is 11.2. The molecular formula is C11H21NO3. The van der Waals surface area contributed by atoms with Crippen LogP contribution in [0, 0.1) is 0 Å². The molecule has 0 aromatic rings. The summed E-state index contributed by atoms with van der Waals surface area (Å²) in [6.07, 6.45) is 5.27. The summed E-state index contributed by atoms with van der Waals surface area (Å²) < 4.78 is 10.0. The predicted molar refractivity (Wildman–Crippen MR) is 59.8 cm³/mol. The molecular weight excluding hydrogens is 194 g/mol. The quantitative estimate of drug-likeness (QED) is 0.463. The molecule has 4 nitrogen and oxygen atoms in total. The number of carbonyl (C=O) groups is 1. The van der Waals surface area contributed by atoms with Crippen LogP contribution in [0.4, 0.5) is 0 Å². The van der Waals surface area contributed by atoms with Gasteiger partial charge < -0.3 is 14.8 Å². The fourth-order valence-electron chi connectivity index (χ4n) is 0.936. The molecule has 0 aliphatic rings. The first-order chi connectivity index (χ1) is 7.31. The molecule has 0 saturated heterocycles. The molecule has 0 unspecified atom stereocenters. The Hall–Kier alpha value is -0.870. The first-order valence-corrected chi connectivity index (χ1v) is 5.29. The third-order valence-electron chi connectivity index (χ3n) is 1.71. The van der Waals surface area contributed by atoms with E-state index in [-0.39, 0.29) is 5.91 Å². The van der Waals surface area contributed by atoms with Crippen LogP contribution in [0.5, 0.6) is 0 Å². The number of hydrogen-bond donors (Lipinski definition) is 1. The minimum atomic E-state index is 0.0371. The van der Waals surface area contributed by atoms with Crippen molar-refractivity contribution in [1.29, 1.82) is 0 Å². The van der Waals surface area contributed by atoms with Crippen LogP contribution < -0.4 is 5.32 Å². The van der Waals surface area contributed by atoms with E-state index >= 15 is 0 Å². The second kappa shape index (κ2) is 11.2. The molecule has 0 spiro atoms. The lowest BCUT2D eigenvalue weighted by atomic mass is 10.3. The Morgan fingerprint density at radius 3 is 2.73 bits per heavy atom. The van der Waals surface area contributed by atoms with Gasteiger partial charge in [-0.3, -0.25) is 4.79 Å². The van der Waals surface area contributed by atoms with Gasteiger partial charge in [0.25, 0.3) is 0 Å². The molecule has 0 aliphatic heterocycles. The molecule has 15 heavy (non-hydrogen) atoms. The van der Waals surface area contributed by atoms with Gasteiger partial charge in [0.1, 0.15) is 0 Å². The van der Waals surface area contributed by atoms with Gasteiger partial charge in [0.2, 0.25) is 5.91 Å². The summed E-state index contributed by atoms with van der Waals surface area (Å²) in [6, 6.07) is 0. The van der Waals surface area contributed by atoms with E-state index in [9.17, 15) is 4.79 Å². The first-order valence-electron chi connectivity index (χ1n) is 5.29. The van der Waals surface area contributed by atoms with Gasteiger partial charge in [-0.2, -0.15) is 0 Å². The van der Waals surface area contributed by atoms with Crippen molar-refractivity contribution in [2.45, 2.75) is 19.8 Å². The second-order valence-electron chi connectivity index (χ2n) is 3.04. The van der Waals surface area contributed by atoms with Gasteiger partial charge in [-0.15, -0.1) is 0 Å². The molecule has 0 aliphatic carbocycles. The Kier molecular flexibility index (Phi) is 10.6. The summed E-state index contributed by atoms with van der Waals surface area (Å²) in [5, 5.41) is 2.76. The zero-order valence-corrected chi connectivity index (χ0v) is 9.62. The molecule has 0 heterocycles. The monoisotopic (exact) mass is 215 g/mol. The smallest absolute Gasteiger partial charge is 0.223 e. The van der Waals surface area contributed by atoms with Crippen LogP contribution in [0.2, 0.25) is 0 Å². The molecule has 0 saturated carbocycles. The van der Waals surface area contributed by atoms with Crippen molar-refractivity contribution in [2.24, 2.45) is 0 Å². The normalized spacial score (nSPS) is 10.8. The molecule has 0 atom stereocenters. The largest absolute Gasteiger partial charge is 0.382 e. The van der Waals surface area contributed by atoms with Crippen LogP contribution in [0.15, 0.2) is 12.2 Å². The molecule has 0 aromatic carbocycles. The maximum Gasteiger partial charge on any atom is 0.223 e. The van der Waals surface area contributed by atoms with Crippen LogP contribution >= 0.6 is 0 Å². The minimum Gasteiger partial charge on any atom is -0.382 e. The Labute approximate surface area is 91.6 Å². The Morgan fingerprint density at radius 1 is 1.27 bits per heavy atom. The van der Waals surface area contributed by atoms with Crippen molar-refractivity contribution in [3.05, 3.63) is 12.2 Å². The maximum atomic E-state index is 11.2. The van der Waals surface area contributed by atoms with Crippen molar-refractivity contribution >= 4 is 5.91 Å². The van der Waals surface area contributed by atoms with Crippen LogP contribution in [-0.2, 0) is 14.3 Å². The van der Waals surface area contributed by atoms with Crippen molar-refractivity contribution in [3.63, 3.8) is 0 Å². The van der Waals surface area contributed by atoms with Crippen molar-refractivity contribution in [1.82, 2.24) is 5.32 Å². The lowest BCUT2D eigenvalue weighted by Crippen LogP contribution is -2.26. The number of ether oxygens (including phenoxy) is 2. The molecule has 0 aromatic heterocycles. The highest BCUT2D eigenvalue weighted by molar-refractivity contribution is 5.77. The summed E-state index contributed by atoms with van der Waals surface area (Å²) in [7, 11) is 1.63. The average Bonchev–Trinajstić information content (AvgIpc) is 2.23. The summed E-state index contributed by atoms with van der Waals surface area (Å²) in [4.78, 5) is 11.2. The van der Waals surface area contributed by atoms with E-state index < -0.39 is 0 Å². The highest BCUT2D eigenvalue weighted by Crippen LogP contribution is 1.86. The highest BCUT2D eigenvalue weighted by Gasteiger charge is 1.96. The van der Waals surface area contributed by atoms with E-state index in [1.165, 1.54) is 0 Å². The van der Waals surface area contributed by atoms with E-state index in [1.54, 1.807) is 7.11 Å². The number of nitrogens with one attached hydrogen (secondary N) is 1. The Morgan fingerprint density at radius 2 is 2.07 bits per heavy atom. The molecule has 1 amide bonds. The predicted octanol–water partition coefficient (Wildman–Crippen LogP) is 1.12. The van der Waals surface area contributed by atoms with Crippen LogP contribution in [0.1, 0.15) is 19.8 Å². The molecule has 4 heteroatoms. The van der Waals surface area contributed by atoms with E-state index in [4.69, 9.17) is 9.47 Å². The van der Waals surface area contributed by atoms with Gasteiger partial charge in [0.05, 0.1) is 19.8 Å². The molecule has 88 valence electrons. The third kappa shape index (κ3) is 11.1. The number of rotatable bonds is 9. The van der Waals surface area contributed by atoms with Gasteiger partial charge in [0, 0.05) is 20.1 Å². The van der Waals surface area contributed by atoms with Crippen molar-refractivity contribution < 1.29 is 14.3 Å². The van der Waals surface area contributed by atoms with Crippen LogP contribution in [0.3, 0.4) is 0 Å². The van der Waals surface area contributed by atoms with Gasteiger partial charge in [0.15, 0.2) is 0 Å².